The molecule has 1 unspecified atom stereocenters. The summed E-state index contributed by atoms with van der Waals surface area (Å²) in [5, 5.41) is 2.91. The van der Waals surface area contributed by atoms with E-state index in [4.69, 9.17) is 5.73 Å². The second-order valence-corrected chi connectivity index (χ2v) is 5.11. The fourth-order valence-corrected chi connectivity index (χ4v) is 2.42. The lowest BCUT2D eigenvalue weighted by molar-refractivity contribution is -0.119. The van der Waals surface area contributed by atoms with Gasteiger partial charge in [-0.25, -0.2) is 4.98 Å². The third-order valence-electron chi connectivity index (χ3n) is 2.76. The highest BCUT2D eigenvalue weighted by Gasteiger charge is 2.25. The minimum absolute atomic E-state index is 0.00795. The van der Waals surface area contributed by atoms with Gasteiger partial charge >= 0.3 is 0 Å². The van der Waals surface area contributed by atoms with Crippen molar-refractivity contribution in [2.45, 2.75) is 19.4 Å². The first kappa shape index (κ1) is 12.2. The molecular formula is C11H15BrN4O. The zero-order valence-electron chi connectivity index (χ0n) is 9.61. The molecule has 0 bridgehead atoms. The van der Waals surface area contributed by atoms with E-state index in [0.717, 1.165) is 29.8 Å². The predicted octanol–water partition coefficient (Wildman–Crippen LogP) is 1.14. The summed E-state index contributed by atoms with van der Waals surface area (Å²) in [6, 6.07) is 2.03. The minimum atomic E-state index is 0.00795. The van der Waals surface area contributed by atoms with Gasteiger partial charge in [-0.2, -0.15) is 0 Å². The number of halogens is 1. The maximum absolute atomic E-state index is 11.0. The third-order valence-corrected chi connectivity index (χ3v) is 3.19. The largest absolute Gasteiger partial charge is 0.396 e. The highest BCUT2D eigenvalue weighted by molar-refractivity contribution is 9.10. The minimum Gasteiger partial charge on any atom is -0.396 e. The summed E-state index contributed by atoms with van der Waals surface area (Å²) in [7, 11) is 0. The Hall–Kier alpha value is -1.30. The number of nitrogens with zero attached hydrogens (tertiary/aromatic N) is 2. The molecule has 5 nitrogen and oxygen atoms in total. The average Bonchev–Trinajstić information content (AvgIpc) is 2.65. The molecule has 0 radical (unpaired) electrons. The Bertz CT molecular complexity index is 437. The van der Waals surface area contributed by atoms with E-state index in [1.807, 2.05) is 6.07 Å². The van der Waals surface area contributed by atoms with Crippen molar-refractivity contribution >= 4 is 33.3 Å². The van der Waals surface area contributed by atoms with Crippen LogP contribution in [-0.4, -0.2) is 30.0 Å². The number of nitrogen functional groups attached to an aromatic ring is 1. The molecule has 17 heavy (non-hydrogen) atoms. The standard InChI is InChI=1S/C11H15BrN4O/c1-7(17)15-9-2-3-16(6-9)11-10(13)4-8(12)5-14-11/h4-5,9H,2-3,6,13H2,1H3,(H,15,17). The smallest absolute Gasteiger partial charge is 0.217 e. The maximum atomic E-state index is 11.0. The number of amides is 1. The van der Waals surface area contributed by atoms with E-state index in [9.17, 15) is 4.79 Å². The Morgan fingerprint density at radius 1 is 1.71 bits per heavy atom. The van der Waals surface area contributed by atoms with Crippen molar-refractivity contribution in [3.63, 3.8) is 0 Å². The lowest BCUT2D eigenvalue weighted by Gasteiger charge is -2.19. The molecular weight excluding hydrogens is 284 g/mol. The molecule has 6 heteroatoms. The van der Waals surface area contributed by atoms with Gasteiger partial charge in [-0.15, -0.1) is 0 Å². The summed E-state index contributed by atoms with van der Waals surface area (Å²) < 4.78 is 0.872. The summed E-state index contributed by atoms with van der Waals surface area (Å²) >= 11 is 3.33. The molecule has 0 aromatic carbocycles. The van der Waals surface area contributed by atoms with Gasteiger partial charge in [-0.1, -0.05) is 0 Å². The molecule has 92 valence electrons. The first-order valence-corrected chi connectivity index (χ1v) is 6.28. The number of aromatic nitrogens is 1. The lowest BCUT2D eigenvalue weighted by atomic mass is 10.2. The Morgan fingerprint density at radius 2 is 2.47 bits per heavy atom. The molecule has 0 spiro atoms. The molecule has 0 saturated carbocycles. The molecule has 1 saturated heterocycles. The van der Waals surface area contributed by atoms with Gasteiger partial charge in [0.15, 0.2) is 5.82 Å². The molecule has 1 fully saturated rings. The van der Waals surface area contributed by atoms with Crippen LogP contribution in [0.4, 0.5) is 11.5 Å². The fraction of sp³-hybridized carbons (Fsp3) is 0.455. The van der Waals surface area contributed by atoms with E-state index >= 15 is 0 Å². The second kappa shape index (κ2) is 4.91. The van der Waals surface area contributed by atoms with Crippen LogP contribution >= 0.6 is 15.9 Å². The van der Waals surface area contributed by atoms with E-state index < -0.39 is 0 Å². The van der Waals surface area contributed by atoms with E-state index in [-0.39, 0.29) is 11.9 Å². The third kappa shape index (κ3) is 2.88. The van der Waals surface area contributed by atoms with E-state index in [0.29, 0.717) is 5.69 Å². The number of carbonyl (C=O) groups excluding carboxylic acids is 1. The van der Waals surface area contributed by atoms with Gasteiger partial charge < -0.3 is 16.0 Å². The number of rotatable bonds is 2. The summed E-state index contributed by atoms with van der Waals surface area (Å²) in [5.74, 6) is 0.801. The summed E-state index contributed by atoms with van der Waals surface area (Å²) in [6.45, 7) is 3.16. The molecule has 1 amide bonds. The normalized spacial score (nSPS) is 19.4. The zero-order valence-corrected chi connectivity index (χ0v) is 11.2. The van der Waals surface area contributed by atoms with Crippen LogP contribution < -0.4 is 16.0 Å². The topological polar surface area (TPSA) is 71.2 Å². The highest BCUT2D eigenvalue weighted by Crippen LogP contribution is 2.26. The zero-order chi connectivity index (χ0) is 12.4. The van der Waals surface area contributed by atoms with Gasteiger partial charge in [-0.05, 0) is 28.4 Å². The molecule has 1 aliphatic rings. The van der Waals surface area contributed by atoms with Crippen LogP contribution in [0.15, 0.2) is 16.7 Å². The van der Waals surface area contributed by atoms with Crippen molar-refractivity contribution in [2.24, 2.45) is 0 Å². The van der Waals surface area contributed by atoms with Crippen molar-refractivity contribution in [3.05, 3.63) is 16.7 Å². The Morgan fingerprint density at radius 3 is 3.12 bits per heavy atom. The van der Waals surface area contributed by atoms with Crippen molar-refractivity contribution in [2.75, 3.05) is 23.7 Å². The number of pyridine rings is 1. The molecule has 1 aromatic heterocycles. The summed E-state index contributed by atoms with van der Waals surface area (Å²) in [5.41, 5.74) is 6.58. The summed E-state index contributed by atoms with van der Waals surface area (Å²) in [4.78, 5) is 17.4. The number of carbonyl (C=O) groups is 1. The quantitative estimate of drug-likeness (QED) is 0.859. The number of nitrogens with one attached hydrogen (secondary N) is 1. The fourth-order valence-electron chi connectivity index (χ4n) is 2.07. The van der Waals surface area contributed by atoms with Crippen LogP contribution in [0.1, 0.15) is 13.3 Å². The highest BCUT2D eigenvalue weighted by atomic mass is 79.9. The number of hydrogen-bond acceptors (Lipinski definition) is 4. The summed E-state index contributed by atoms with van der Waals surface area (Å²) in [6.07, 6.45) is 2.66. The van der Waals surface area contributed by atoms with E-state index in [1.54, 1.807) is 6.20 Å². The van der Waals surface area contributed by atoms with Crippen molar-refractivity contribution in [3.8, 4) is 0 Å². The van der Waals surface area contributed by atoms with Gasteiger partial charge in [0.05, 0.1) is 5.69 Å². The van der Waals surface area contributed by atoms with E-state index in [2.05, 4.69) is 31.1 Å². The van der Waals surface area contributed by atoms with Gasteiger partial charge in [0.25, 0.3) is 0 Å². The van der Waals surface area contributed by atoms with Crippen LogP contribution in [-0.2, 0) is 4.79 Å². The first-order chi connectivity index (χ1) is 8.06. The predicted molar refractivity (Wildman–Crippen MR) is 70.8 cm³/mol. The van der Waals surface area contributed by atoms with Crippen molar-refractivity contribution in [1.82, 2.24) is 10.3 Å². The van der Waals surface area contributed by atoms with Crippen LogP contribution in [0.5, 0.6) is 0 Å². The maximum Gasteiger partial charge on any atom is 0.217 e. The van der Waals surface area contributed by atoms with Crippen LogP contribution in [0.2, 0.25) is 0 Å². The molecule has 3 N–H and O–H groups in total. The van der Waals surface area contributed by atoms with Gasteiger partial charge in [-0.3, -0.25) is 4.79 Å². The lowest BCUT2D eigenvalue weighted by Crippen LogP contribution is -2.35. The number of anilines is 2. The molecule has 1 atom stereocenters. The number of nitrogens with two attached hydrogens (primary N) is 1. The Balaban J connectivity index is 2.07. The SMILES string of the molecule is CC(=O)NC1CCN(c2ncc(Br)cc2N)C1. The molecule has 2 rings (SSSR count). The Labute approximate surface area is 109 Å². The average molecular weight is 299 g/mol. The van der Waals surface area contributed by atoms with E-state index in [1.165, 1.54) is 6.92 Å². The molecule has 1 aliphatic heterocycles. The van der Waals surface area contributed by atoms with Gasteiger partial charge in [0.1, 0.15) is 0 Å². The molecule has 1 aromatic rings. The Kier molecular flexibility index (Phi) is 3.51. The van der Waals surface area contributed by atoms with Crippen LogP contribution in [0, 0.1) is 0 Å². The van der Waals surface area contributed by atoms with Gasteiger partial charge in [0.2, 0.25) is 5.91 Å². The van der Waals surface area contributed by atoms with Crippen molar-refractivity contribution < 1.29 is 4.79 Å². The van der Waals surface area contributed by atoms with Crippen LogP contribution in [0.3, 0.4) is 0 Å². The first-order valence-electron chi connectivity index (χ1n) is 5.49. The van der Waals surface area contributed by atoms with Crippen molar-refractivity contribution in [1.29, 1.82) is 0 Å². The molecule has 2 heterocycles. The monoisotopic (exact) mass is 298 g/mol. The van der Waals surface area contributed by atoms with Crippen LogP contribution in [0.25, 0.3) is 0 Å². The second-order valence-electron chi connectivity index (χ2n) is 4.20. The molecule has 0 aliphatic carbocycles. The number of hydrogen-bond donors (Lipinski definition) is 2. The van der Waals surface area contributed by atoms with Gasteiger partial charge in [0, 0.05) is 36.7 Å².